The van der Waals surface area contributed by atoms with E-state index in [2.05, 4.69) is 0 Å². The average Bonchev–Trinajstić information content (AvgIpc) is 2.75. The largest absolute Gasteiger partial charge is 0.341 e. The first-order valence-electron chi connectivity index (χ1n) is 9.43. The Hall–Kier alpha value is -2.49. The van der Waals surface area contributed by atoms with E-state index in [1.54, 1.807) is 37.4 Å². The van der Waals surface area contributed by atoms with Crippen LogP contribution in [0, 0.1) is 16.0 Å². The van der Waals surface area contributed by atoms with Crippen LogP contribution >= 0.6 is 11.6 Å². The van der Waals surface area contributed by atoms with E-state index < -0.39 is 14.9 Å². The Morgan fingerprint density at radius 2 is 1.83 bits per heavy atom. The summed E-state index contributed by atoms with van der Waals surface area (Å²) in [6.07, 6.45) is 0.829. The van der Waals surface area contributed by atoms with Crippen LogP contribution in [0.25, 0.3) is 0 Å². The number of carbonyl (C=O) groups excluding carboxylic acids is 1. The predicted molar refractivity (Wildman–Crippen MR) is 113 cm³/mol. The highest BCUT2D eigenvalue weighted by Crippen LogP contribution is 2.27. The number of nitrogens with zero attached hydrogens (tertiary/aromatic N) is 3. The van der Waals surface area contributed by atoms with Gasteiger partial charge in [0.2, 0.25) is 15.9 Å². The van der Waals surface area contributed by atoms with Crippen LogP contribution < -0.4 is 0 Å². The number of amides is 1. The summed E-state index contributed by atoms with van der Waals surface area (Å²) in [5.74, 6) is -0.441. The van der Waals surface area contributed by atoms with Gasteiger partial charge in [-0.05, 0) is 36.6 Å². The minimum Gasteiger partial charge on any atom is -0.341 e. The number of benzene rings is 2. The molecule has 1 heterocycles. The van der Waals surface area contributed by atoms with Crippen molar-refractivity contribution in [3.63, 3.8) is 0 Å². The second-order valence-corrected chi connectivity index (χ2v) is 9.56. The van der Waals surface area contributed by atoms with Gasteiger partial charge in [0.1, 0.15) is 0 Å². The van der Waals surface area contributed by atoms with Crippen LogP contribution in [0.3, 0.4) is 0 Å². The number of sulfonamides is 1. The molecule has 2 aromatic carbocycles. The molecule has 1 fully saturated rings. The first-order chi connectivity index (χ1) is 14.2. The first kappa shape index (κ1) is 22.2. The molecule has 0 bridgehead atoms. The monoisotopic (exact) mass is 451 g/mol. The lowest BCUT2D eigenvalue weighted by Crippen LogP contribution is -2.43. The predicted octanol–water partition coefficient (Wildman–Crippen LogP) is 3.31. The molecule has 1 aliphatic heterocycles. The van der Waals surface area contributed by atoms with Crippen molar-refractivity contribution in [3.8, 4) is 0 Å². The molecule has 1 saturated heterocycles. The molecule has 0 atom stereocenters. The Morgan fingerprint density at radius 3 is 2.43 bits per heavy atom. The van der Waals surface area contributed by atoms with E-state index in [1.807, 2.05) is 0 Å². The van der Waals surface area contributed by atoms with Gasteiger partial charge in [-0.3, -0.25) is 14.9 Å². The zero-order valence-electron chi connectivity index (χ0n) is 16.4. The van der Waals surface area contributed by atoms with E-state index >= 15 is 0 Å². The number of nitro benzene ring substituents is 1. The van der Waals surface area contributed by atoms with E-state index in [0.29, 0.717) is 23.4 Å². The number of rotatable bonds is 6. The van der Waals surface area contributed by atoms with Gasteiger partial charge in [0, 0.05) is 49.8 Å². The van der Waals surface area contributed by atoms with Crippen molar-refractivity contribution in [2.45, 2.75) is 24.3 Å². The Kier molecular flexibility index (Phi) is 6.74. The number of halogens is 1. The first-order valence-corrected chi connectivity index (χ1v) is 11.2. The third kappa shape index (κ3) is 4.80. The standard InChI is InChI=1S/C20H22ClN3O5S/c1-22(14-16-13-17(24(26)27)7-8-19(16)21)20(25)15-9-11-23(12-10-15)30(28,29)18-5-3-2-4-6-18/h2-8,13,15H,9-12,14H2,1H3. The lowest BCUT2D eigenvalue weighted by molar-refractivity contribution is -0.384. The quantitative estimate of drug-likeness (QED) is 0.495. The van der Waals surface area contributed by atoms with Crippen molar-refractivity contribution in [2.75, 3.05) is 20.1 Å². The Labute approximate surface area is 180 Å². The van der Waals surface area contributed by atoms with Gasteiger partial charge >= 0.3 is 0 Å². The van der Waals surface area contributed by atoms with Crippen molar-refractivity contribution in [1.29, 1.82) is 0 Å². The van der Waals surface area contributed by atoms with Crippen molar-refractivity contribution in [1.82, 2.24) is 9.21 Å². The van der Waals surface area contributed by atoms with E-state index in [9.17, 15) is 23.3 Å². The second kappa shape index (κ2) is 9.11. The van der Waals surface area contributed by atoms with Gasteiger partial charge in [-0.25, -0.2) is 8.42 Å². The summed E-state index contributed by atoms with van der Waals surface area (Å²) in [4.78, 5) is 25.0. The summed E-state index contributed by atoms with van der Waals surface area (Å²) >= 11 is 6.13. The molecule has 0 aliphatic carbocycles. The molecule has 0 radical (unpaired) electrons. The lowest BCUT2D eigenvalue weighted by Gasteiger charge is -2.32. The highest BCUT2D eigenvalue weighted by Gasteiger charge is 2.33. The van der Waals surface area contributed by atoms with Crippen LogP contribution in [0.2, 0.25) is 5.02 Å². The lowest BCUT2D eigenvalue weighted by atomic mass is 9.96. The highest BCUT2D eigenvalue weighted by molar-refractivity contribution is 7.89. The molecule has 30 heavy (non-hydrogen) atoms. The molecular weight excluding hydrogens is 430 g/mol. The van der Waals surface area contributed by atoms with Crippen LogP contribution in [0.4, 0.5) is 5.69 Å². The van der Waals surface area contributed by atoms with Crippen molar-refractivity contribution in [3.05, 3.63) is 69.2 Å². The third-order valence-corrected chi connectivity index (χ3v) is 7.49. The van der Waals surface area contributed by atoms with E-state index in [0.717, 1.165) is 0 Å². The molecule has 0 N–H and O–H groups in total. The maximum Gasteiger partial charge on any atom is 0.269 e. The van der Waals surface area contributed by atoms with Crippen LogP contribution in [0.1, 0.15) is 18.4 Å². The molecule has 2 aromatic rings. The zero-order valence-corrected chi connectivity index (χ0v) is 18.0. The molecule has 10 heteroatoms. The maximum absolute atomic E-state index is 12.8. The number of carbonyl (C=O) groups is 1. The minimum atomic E-state index is -3.57. The van der Waals surface area contributed by atoms with Gasteiger partial charge in [0.15, 0.2) is 0 Å². The normalized spacial score (nSPS) is 15.7. The van der Waals surface area contributed by atoms with Crippen LogP contribution in [0.5, 0.6) is 0 Å². The smallest absolute Gasteiger partial charge is 0.269 e. The van der Waals surface area contributed by atoms with Gasteiger partial charge in [-0.1, -0.05) is 29.8 Å². The number of hydrogen-bond acceptors (Lipinski definition) is 5. The van der Waals surface area contributed by atoms with E-state index in [1.165, 1.54) is 27.4 Å². The molecule has 0 aromatic heterocycles. The van der Waals surface area contributed by atoms with Crippen molar-refractivity contribution in [2.24, 2.45) is 5.92 Å². The van der Waals surface area contributed by atoms with E-state index in [-0.39, 0.29) is 42.0 Å². The van der Waals surface area contributed by atoms with Crippen LogP contribution in [-0.4, -0.2) is 48.6 Å². The van der Waals surface area contributed by atoms with Gasteiger partial charge in [0.25, 0.3) is 5.69 Å². The molecule has 3 rings (SSSR count). The summed E-state index contributed by atoms with van der Waals surface area (Å²) in [5, 5.41) is 11.3. The zero-order chi connectivity index (χ0) is 21.9. The molecule has 0 saturated carbocycles. The fraction of sp³-hybridized carbons (Fsp3) is 0.350. The van der Waals surface area contributed by atoms with Gasteiger partial charge in [0.05, 0.1) is 9.82 Å². The third-order valence-electron chi connectivity index (χ3n) is 5.21. The van der Waals surface area contributed by atoms with Gasteiger partial charge in [-0.15, -0.1) is 0 Å². The minimum absolute atomic E-state index is 0.0883. The maximum atomic E-state index is 12.8. The Morgan fingerprint density at radius 1 is 1.20 bits per heavy atom. The fourth-order valence-corrected chi connectivity index (χ4v) is 5.19. The number of non-ortho nitro benzene ring substituents is 1. The topological polar surface area (TPSA) is 101 Å². The Balaban J connectivity index is 1.63. The summed E-state index contributed by atoms with van der Waals surface area (Å²) in [6, 6.07) is 12.4. The average molecular weight is 452 g/mol. The molecule has 1 aliphatic rings. The summed E-state index contributed by atoms with van der Waals surface area (Å²) in [5.41, 5.74) is 0.403. The molecule has 0 unspecified atom stereocenters. The van der Waals surface area contributed by atoms with E-state index in [4.69, 9.17) is 11.6 Å². The van der Waals surface area contributed by atoms with Gasteiger partial charge in [-0.2, -0.15) is 4.31 Å². The second-order valence-electron chi connectivity index (χ2n) is 7.22. The number of hydrogen-bond donors (Lipinski definition) is 0. The number of nitro groups is 1. The summed E-state index contributed by atoms with van der Waals surface area (Å²) < 4.78 is 26.9. The van der Waals surface area contributed by atoms with Gasteiger partial charge < -0.3 is 4.90 Å². The molecule has 1 amide bonds. The van der Waals surface area contributed by atoms with Crippen LogP contribution in [-0.2, 0) is 21.4 Å². The molecule has 160 valence electrons. The van der Waals surface area contributed by atoms with Crippen molar-refractivity contribution >= 4 is 33.2 Å². The molecular formula is C20H22ClN3O5S. The molecule has 0 spiro atoms. The SMILES string of the molecule is CN(Cc1cc([N+](=O)[O-])ccc1Cl)C(=O)C1CCN(S(=O)(=O)c2ccccc2)CC1. The van der Waals surface area contributed by atoms with Crippen molar-refractivity contribution < 1.29 is 18.1 Å². The molecule has 8 nitrogen and oxygen atoms in total. The summed E-state index contributed by atoms with van der Waals surface area (Å²) in [6.45, 7) is 0.667. The number of piperidine rings is 1. The Bertz CT molecular complexity index is 1040. The fourth-order valence-electron chi connectivity index (χ4n) is 3.53. The van der Waals surface area contributed by atoms with Crippen LogP contribution in [0.15, 0.2) is 53.4 Å². The highest BCUT2D eigenvalue weighted by atomic mass is 35.5. The summed E-state index contributed by atoms with van der Waals surface area (Å²) in [7, 11) is -1.96.